The number of oxazole rings is 1. The number of benzene rings is 1. The van der Waals surface area contributed by atoms with E-state index in [2.05, 4.69) is 11.1 Å². The second kappa shape index (κ2) is 3.47. The summed E-state index contributed by atoms with van der Waals surface area (Å²) in [5, 5.41) is 0.199. The Hall–Kier alpha value is -1.06. The van der Waals surface area contributed by atoms with Crippen LogP contribution in [-0.4, -0.2) is 10.5 Å². The van der Waals surface area contributed by atoms with E-state index >= 15 is 0 Å². The van der Waals surface area contributed by atoms with Gasteiger partial charge in [-0.05, 0) is 55.0 Å². The summed E-state index contributed by atoms with van der Waals surface area (Å²) in [5.74, 6) is 0. The van der Waals surface area contributed by atoms with Crippen LogP contribution in [0.25, 0.3) is 11.1 Å². The van der Waals surface area contributed by atoms with E-state index in [0.717, 1.165) is 36.8 Å². The lowest BCUT2D eigenvalue weighted by atomic mass is 10.0. The third-order valence-electron chi connectivity index (χ3n) is 3.23. The Kier molecular flexibility index (Phi) is 2.19. The summed E-state index contributed by atoms with van der Waals surface area (Å²) < 4.78 is 5.28. The van der Waals surface area contributed by atoms with Crippen LogP contribution in [0.2, 0.25) is 5.35 Å². The van der Waals surface area contributed by atoms with Crippen molar-refractivity contribution < 1.29 is 4.42 Å². The molecule has 1 fully saturated rings. The van der Waals surface area contributed by atoms with Gasteiger partial charge in [0.05, 0.1) is 0 Å². The molecule has 2 aromatic rings. The number of hydrogen-bond acceptors (Lipinski definition) is 3. The van der Waals surface area contributed by atoms with Gasteiger partial charge in [-0.15, -0.1) is 0 Å². The van der Waals surface area contributed by atoms with Gasteiger partial charge in [-0.3, -0.25) is 0 Å². The molecule has 1 saturated carbocycles. The first kappa shape index (κ1) is 10.1. The molecule has 3 nitrogen and oxygen atoms in total. The van der Waals surface area contributed by atoms with Gasteiger partial charge >= 0.3 is 0 Å². The predicted octanol–water partition coefficient (Wildman–Crippen LogP) is 2.91. The highest BCUT2D eigenvalue weighted by molar-refractivity contribution is 6.28. The monoisotopic (exact) mass is 236 g/mol. The van der Waals surface area contributed by atoms with Crippen molar-refractivity contribution in [1.82, 2.24) is 4.98 Å². The maximum atomic E-state index is 6.05. The average Bonchev–Trinajstić information content (AvgIpc) is 2.87. The Balaban J connectivity index is 1.81. The van der Waals surface area contributed by atoms with Crippen LogP contribution in [0.4, 0.5) is 0 Å². The molecule has 0 saturated heterocycles. The Morgan fingerprint density at radius 3 is 3.00 bits per heavy atom. The molecule has 0 unspecified atom stereocenters. The number of nitrogens with two attached hydrogens (primary N) is 1. The summed E-state index contributed by atoms with van der Waals surface area (Å²) in [5.41, 5.74) is 8.95. The van der Waals surface area contributed by atoms with Crippen LogP contribution in [0.3, 0.4) is 0 Å². The molecule has 0 amide bonds. The molecule has 1 aromatic heterocycles. The van der Waals surface area contributed by atoms with E-state index in [1.165, 1.54) is 5.56 Å². The molecular formula is C12H13ClN2O. The van der Waals surface area contributed by atoms with E-state index in [-0.39, 0.29) is 10.9 Å². The Morgan fingerprint density at radius 1 is 1.44 bits per heavy atom. The van der Waals surface area contributed by atoms with Gasteiger partial charge < -0.3 is 10.2 Å². The van der Waals surface area contributed by atoms with Crippen molar-refractivity contribution in [3.05, 3.63) is 29.1 Å². The molecule has 1 heterocycles. The van der Waals surface area contributed by atoms with Crippen molar-refractivity contribution >= 4 is 22.7 Å². The Morgan fingerprint density at radius 2 is 2.25 bits per heavy atom. The maximum absolute atomic E-state index is 6.05. The number of rotatable bonds is 3. The van der Waals surface area contributed by atoms with E-state index in [4.69, 9.17) is 21.8 Å². The van der Waals surface area contributed by atoms with Crippen LogP contribution in [0.15, 0.2) is 22.6 Å². The largest absolute Gasteiger partial charge is 0.428 e. The molecule has 0 spiro atoms. The van der Waals surface area contributed by atoms with Crippen molar-refractivity contribution in [1.29, 1.82) is 0 Å². The average molecular weight is 237 g/mol. The Bertz CT molecular complexity index is 531. The molecule has 1 aliphatic rings. The second-order valence-electron chi connectivity index (χ2n) is 4.63. The fourth-order valence-electron chi connectivity index (χ4n) is 1.90. The summed E-state index contributed by atoms with van der Waals surface area (Å²) in [6, 6.07) is 6.00. The molecule has 4 heteroatoms. The lowest BCUT2D eigenvalue weighted by Crippen LogP contribution is -2.22. The number of halogens is 1. The second-order valence-corrected chi connectivity index (χ2v) is 4.95. The summed E-state index contributed by atoms with van der Waals surface area (Å²) in [6.07, 6.45) is 4.35. The van der Waals surface area contributed by atoms with Crippen LogP contribution in [-0.2, 0) is 6.42 Å². The maximum Gasteiger partial charge on any atom is 0.293 e. The lowest BCUT2D eigenvalue weighted by Gasteiger charge is -2.07. The molecule has 3 rings (SSSR count). The Labute approximate surface area is 98.6 Å². The molecule has 16 heavy (non-hydrogen) atoms. The first-order chi connectivity index (χ1) is 7.65. The highest BCUT2D eigenvalue weighted by Crippen LogP contribution is 2.36. The molecule has 1 aromatic carbocycles. The minimum absolute atomic E-state index is 0.105. The zero-order chi connectivity index (χ0) is 11.2. The van der Waals surface area contributed by atoms with Gasteiger partial charge in [0, 0.05) is 5.54 Å². The SMILES string of the molecule is NC1(CCc2ccc3nc(Cl)oc3c2)CC1. The van der Waals surface area contributed by atoms with Crippen molar-refractivity contribution in [2.24, 2.45) is 5.73 Å². The highest BCUT2D eigenvalue weighted by Gasteiger charge is 2.37. The summed E-state index contributed by atoms with van der Waals surface area (Å²) in [7, 11) is 0. The van der Waals surface area contributed by atoms with Gasteiger partial charge in [-0.2, -0.15) is 4.98 Å². The lowest BCUT2D eigenvalue weighted by molar-refractivity contribution is 0.598. The molecule has 2 N–H and O–H groups in total. The first-order valence-corrected chi connectivity index (χ1v) is 5.86. The molecule has 84 valence electrons. The zero-order valence-electron chi connectivity index (χ0n) is 8.87. The van der Waals surface area contributed by atoms with Gasteiger partial charge in [0.15, 0.2) is 5.58 Å². The van der Waals surface area contributed by atoms with E-state index in [0.29, 0.717) is 0 Å². The van der Waals surface area contributed by atoms with Gasteiger partial charge in [0.1, 0.15) is 5.52 Å². The van der Waals surface area contributed by atoms with E-state index in [9.17, 15) is 0 Å². The standard InChI is InChI=1S/C12H13ClN2O/c13-11-15-9-2-1-8(7-10(9)16-11)3-4-12(14)5-6-12/h1-2,7H,3-6,14H2. The number of aryl methyl sites for hydroxylation is 1. The fourth-order valence-corrected chi connectivity index (χ4v) is 2.07. The predicted molar refractivity (Wildman–Crippen MR) is 63.5 cm³/mol. The van der Waals surface area contributed by atoms with Gasteiger partial charge in [0.25, 0.3) is 5.35 Å². The molecule has 0 aliphatic heterocycles. The normalized spacial score (nSPS) is 17.9. The zero-order valence-corrected chi connectivity index (χ0v) is 9.63. The molecular weight excluding hydrogens is 224 g/mol. The molecule has 0 radical (unpaired) electrons. The van der Waals surface area contributed by atoms with Crippen LogP contribution >= 0.6 is 11.6 Å². The van der Waals surface area contributed by atoms with Crippen molar-refractivity contribution in [3.8, 4) is 0 Å². The van der Waals surface area contributed by atoms with Crippen LogP contribution in [0.5, 0.6) is 0 Å². The van der Waals surface area contributed by atoms with Gasteiger partial charge in [0.2, 0.25) is 0 Å². The van der Waals surface area contributed by atoms with Gasteiger partial charge in [-0.25, -0.2) is 0 Å². The van der Waals surface area contributed by atoms with Crippen LogP contribution in [0, 0.1) is 0 Å². The van der Waals surface area contributed by atoms with E-state index in [1.807, 2.05) is 12.1 Å². The first-order valence-electron chi connectivity index (χ1n) is 5.49. The van der Waals surface area contributed by atoms with Crippen molar-refractivity contribution in [3.63, 3.8) is 0 Å². The quantitative estimate of drug-likeness (QED) is 0.892. The third kappa shape index (κ3) is 1.93. The summed E-state index contributed by atoms with van der Waals surface area (Å²) in [4.78, 5) is 4.05. The molecule has 0 atom stereocenters. The third-order valence-corrected chi connectivity index (χ3v) is 3.39. The minimum atomic E-state index is 0.105. The number of hydrogen-bond donors (Lipinski definition) is 1. The van der Waals surface area contributed by atoms with E-state index in [1.54, 1.807) is 0 Å². The summed E-state index contributed by atoms with van der Waals surface area (Å²) in [6.45, 7) is 0. The number of nitrogens with zero attached hydrogens (tertiary/aromatic N) is 1. The van der Waals surface area contributed by atoms with Gasteiger partial charge in [-0.1, -0.05) is 6.07 Å². The smallest absolute Gasteiger partial charge is 0.293 e. The van der Waals surface area contributed by atoms with E-state index < -0.39 is 0 Å². The number of fused-ring (bicyclic) bond motifs is 1. The highest BCUT2D eigenvalue weighted by atomic mass is 35.5. The fraction of sp³-hybridized carbons (Fsp3) is 0.417. The van der Waals surface area contributed by atoms with Crippen LogP contribution in [0.1, 0.15) is 24.8 Å². The van der Waals surface area contributed by atoms with Crippen molar-refractivity contribution in [2.75, 3.05) is 0 Å². The van der Waals surface area contributed by atoms with Crippen molar-refractivity contribution in [2.45, 2.75) is 31.2 Å². The topological polar surface area (TPSA) is 52.0 Å². The number of aromatic nitrogens is 1. The minimum Gasteiger partial charge on any atom is -0.428 e. The molecule has 0 bridgehead atoms. The molecule has 1 aliphatic carbocycles. The summed E-state index contributed by atoms with van der Waals surface area (Å²) >= 11 is 5.70. The van der Waals surface area contributed by atoms with Crippen LogP contribution < -0.4 is 5.73 Å².